The average Bonchev–Trinajstić information content (AvgIpc) is 3.57. The van der Waals surface area contributed by atoms with Crippen LogP contribution in [0.15, 0.2) is 35.2 Å². The van der Waals surface area contributed by atoms with Gasteiger partial charge in [0, 0.05) is 13.2 Å². The van der Waals surface area contributed by atoms with Gasteiger partial charge < -0.3 is 14.6 Å². The van der Waals surface area contributed by atoms with Crippen LogP contribution in [0.2, 0.25) is 5.02 Å². The number of aromatic carboxylic acids is 1. The van der Waals surface area contributed by atoms with Crippen LogP contribution in [0, 0.1) is 11.3 Å². The fourth-order valence-electron chi connectivity index (χ4n) is 3.66. The van der Waals surface area contributed by atoms with Crippen LogP contribution in [0.4, 0.5) is 5.69 Å². The van der Waals surface area contributed by atoms with E-state index in [2.05, 4.69) is 4.72 Å². The van der Waals surface area contributed by atoms with Gasteiger partial charge in [-0.05, 0) is 55.4 Å². The van der Waals surface area contributed by atoms with Crippen LogP contribution in [0.5, 0.6) is 5.75 Å². The van der Waals surface area contributed by atoms with Gasteiger partial charge in [-0.3, -0.25) is 4.72 Å². The zero-order chi connectivity index (χ0) is 23.0. The summed E-state index contributed by atoms with van der Waals surface area (Å²) in [5.41, 5.74) is 0.570. The number of sulfonamides is 1. The number of anilines is 1. The van der Waals surface area contributed by atoms with Crippen molar-refractivity contribution >= 4 is 33.3 Å². The number of methoxy groups -OCH3 is 1. The summed E-state index contributed by atoms with van der Waals surface area (Å²) in [7, 11) is -2.61. The number of halogens is 1. The Morgan fingerprint density at radius 1 is 1.19 bits per heavy atom. The van der Waals surface area contributed by atoms with Crippen LogP contribution in [0.1, 0.15) is 53.1 Å². The molecule has 0 amide bonds. The quantitative estimate of drug-likeness (QED) is 0.586. The lowest BCUT2D eigenvalue weighted by Crippen LogP contribution is -2.42. The Hall–Kier alpha value is -2.80. The summed E-state index contributed by atoms with van der Waals surface area (Å²) >= 11 is 6.16. The van der Waals surface area contributed by atoms with E-state index < -0.39 is 16.0 Å². The lowest BCUT2D eigenvalue weighted by molar-refractivity contribution is -0.0622. The van der Waals surface area contributed by atoms with Crippen LogP contribution in [0.25, 0.3) is 0 Å². The molecule has 2 aromatic rings. The first-order valence-electron chi connectivity index (χ1n) is 10.1. The van der Waals surface area contributed by atoms with E-state index >= 15 is 0 Å². The predicted molar refractivity (Wildman–Crippen MR) is 117 cm³/mol. The van der Waals surface area contributed by atoms with E-state index in [-0.39, 0.29) is 50.6 Å². The van der Waals surface area contributed by atoms with E-state index in [1.807, 2.05) is 6.07 Å². The lowest BCUT2D eigenvalue weighted by atomic mass is 9.92. The first-order valence-corrected chi connectivity index (χ1v) is 11.9. The van der Waals surface area contributed by atoms with Crippen molar-refractivity contribution in [2.24, 2.45) is 0 Å². The van der Waals surface area contributed by atoms with Crippen LogP contribution in [-0.4, -0.2) is 38.8 Å². The van der Waals surface area contributed by atoms with E-state index in [1.165, 1.54) is 18.2 Å². The number of hydrogen-bond acceptors (Lipinski definition) is 6. The molecule has 2 N–H and O–H groups in total. The van der Waals surface area contributed by atoms with Crippen molar-refractivity contribution in [3.8, 4) is 11.8 Å². The minimum Gasteiger partial charge on any atom is -0.485 e. The fourth-order valence-corrected chi connectivity index (χ4v) is 5.24. The zero-order valence-corrected chi connectivity index (χ0v) is 18.7. The minimum absolute atomic E-state index is 0.0511. The largest absolute Gasteiger partial charge is 0.485 e. The molecule has 2 saturated carbocycles. The van der Waals surface area contributed by atoms with Gasteiger partial charge in [0.2, 0.25) is 0 Å². The van der Waals surface area contributed by atoms with Gasteiger partial charge in [0.1, 0.15) is 17.9 Å². The van der Waals surface area contributed by atoms with Crippen molar-refractivity contribution < 1.29 is 27.8 Å². The normalized spacial score (nSPS) is 20.2. The Balaban J connectivity index is 1.74. The second-order valence-electron chi connectivity index (χ2n) is 7.89. The Morgan fingerprint density at radius 2 is 1.91 bits per heavy atom. The molecule has 0 radical (unpaired) electrons. The van der Waals surface area contributed by atoms with Crippen molar-refractivity contribution in [2.75, 3.05) is 11.8 Å². The number of hydrogen-bond donors (Lipinski definition) is 2. The molecule has 0 spiro atoms. The maximum absolute atomic E-state index is 13.4. The van der Waals surface area contributed by atoms with Crippen LogP contribution < -0.4 is 9.46 Å². The Morgan fingerprint density at radius 3 is 2.47 bits per heavy atom. The first kappa shape index (κ1) is 22.4. The van der Waals surface area contributed by atoms with Crippen molar-refractivity contribution in [1.82, 2.24) is 0 Å². The van der Waals surface area contributed by atoms with Crippen molar-refractivity contribution in [3.63, 3.8) is 0 Å². The second-order valence-corrected chi connectivity index (χ2v) is 9.94. The van der Waals surface area contributed by atoms with E-state index in [4.69, 9.17) is 21.1 Å². The summed E-state index contributed by atoms with van der Waals surface area (Å²) in [6, 6.07) is 8.76. The molecule has 8 nitrogen and oxygen atoms in total. The molecule has 4 rings (SSSR count). The lowest BCUT2D eigenvalue weighted by Gasteiger charge is -2.35. The molecule has 10 heteroatoms. The molecule has 0 saturated heterocycles. The molecule has 2 atom stereocenters. The van der Waals surface area contributed by atoms with Crippen molar-refractivity contribution in [1.29, 1.82) is 5.26 Å². The third kappa shape index (κ3) is 4.39. The van der Waals surface area contributed by atoms with Crippen molar-refractivity contribution in [3.05, 3.63) is 52.0 Å². The molecule has 168 valence electrons. The highest BCUT2D eigenvalue weighted by Crippen LogP contribution is 2.44. The monoisotopic (exact) mass is 476 g/mol. The van der Waals surface area contributed by atoms with Gasteiger partial charge in [0.25, 0.3) is 10.0 Å². The molecule has 0 heterocycles. The van der Waals surface area contributed by atoms with E-state index in [9.17, 15) is 23.6 Å². The number of nitrogens with zero attached hydrogens (tertiary/aromatic N) is 1. The van der Waals surface area contributed by atoms with Gasteiger partial charge in [0.05, 0.1) is 32.8 Å². The third-order valence-electron chi connectivity index (χ3n) is 5.73. The standard InChI is InChI=1S/C22H21ClN2O6S/c1-30-18-6-7-19(18)31-20-10-16(23)14(11-24)8-17(20)25-32(28,29)21-9-13(22(26)27)4-5-15(21)12-2-3-12/h4-5,8-10,12,18-19,25H,2-3,6-7H2,1H3,(H,26,27)/t18-,19-/m1/s1. The summed E-state index contributed by atoms with van der Waals surface area (Å²) in [5.74, 6) is -0.981. The van der Waals surface area contributed by atoms with Gasteiger partial charge in [0.15, 0.2) is 0 Å². The van der Waals surface area contributed by atoms with Gasteiger partial charge >= 0.3 is 5.97 Å². The molecule has 0 aliphatic heterocycles. The number of nitrogens with one attached hydrogen (secondary N) is 1. The number of benzene rings is 2. The molecule has 0 unspecified atom stereocenters. The van der Waals surface area contributed by atoms with Gasteiger partial charge in [-0.1, -0.05) is 17.7 Å². The topological polar surface area (TPSA) is 126 Å². The van der Waals surface area contributed by atoms with E-state index in [0.29, 0.717) is 5.56 Å². The van der Waals surface area contributed by atoms with E-state index in [0.717, 1.165) is 31.7 Å². The Labute approximate surface area is 190 Å². The molecular formula is C22H21ClN2O6S. The molecule has 32 heavy (non-hydrogen) atoms. The second kappa shape index (κ2) is 8.62. The summed E-state index contributed by atoms with van der Waals surface area (Å²) in [6.45, 7) is 0. The number of ether oxygens (including phenoxy) is 2. The number of carboxylic acids is 1. The summed E-state index contributed by atoms with van der Waals surface area (Å²) in [4.78, 5) is 11.3. The summed E-state index contributed by atoms with van der Waals surface area (Å²) in [5, 5.41) is 18.8. The number of rotatable bonds is 8. The maximum atomic E-state index is 13.4. The molecule has 2 fully saturated rings. The van der Waals surface area contributed by atoms with E-state index in [1.54, 1.807) is 13.2 Å². The maximum Gasteiger partial charge on any atom is 0.335 e. The van der Waals surface area contributed by atoms with Crippen LogP contribution in [0.3, 0.4) is 0 Å². The number of carboxylic acid groups (broad SMARTS) is 1. The molecule has 2 aromatic carbocycles. The van der Waals surface area contributed by atoms with Gasteiger partial charge in [-0.2, -0.15) is 5.26 Å². The molecular weight excluding hydrogens is 456 g/mol. The fraction of sp³-hybridized carbons (Fsp3) is 0.364. The number of nitriles is 1. The molecule has 2 aliphatic rings. The average molecular weight is 477 g/mol. The Bertz CT molecular complexity index is 1220. The van der Waals surface area contributed by atoms with Gasteiger partial charge in [-0.25, -0.2) is 13.2 Å². The zero-order valence-electron chi connectivity index (χ0n) is 17.2. The van der Waals surface area contributed by atoms with Crippen LogP contribution in [-0.2, 0) is 14.8 Å². The highest BCUT2D eigenvalue weighted by molar-refractivity contribution is 7.92. The van der Waals surface area contributed by atoms with Crippen LogP contribution >= 0.6 is 11.6 Å². The predicted octanol–water partition coefficient (Wildman–Crippen LogP) is 4.14. The molecule has 0 aromatic heterocycles. The van der Waals surface area contributed by atoms with Gasteiger partial charge in [-0.15, -0.1) is 0 Å². The highest BCUT2D eigenvalue weighted by atomic mass is 35.5. The smallest absolute Gasteiger partial charge is 0.335 e. The first-order chi connectivity index (χ1) is 15.2. The molecule has 0 bridgehead atoms. The third-order valence-corrected chi connectivity index (χ3v) is 7.47. The summed E-state index contributed by atoms with van der Waals surface area (Å²) < 4.78 is 40.5. The Kier molecular flexibility index (Phi) is 6.03. The molecule has 2 aliphatic carbocycles. The van der Waals surface area contributed by atoms with Crippen molar-refractivity contribution in [2.45, 2.75) is 48.7 Å². The SMILES string of the molecule is CO[C@@H]1CC[C@H]1Oc1cc(Cl)c(C#N)cc1NS(=O)(=O)c1cc(C(=O)O)ccc1C1CC1. The minimum atomic E-state index is -4.19. The summed E-state index contributed by atoms with van der Waals surface area (Å²) in [6.07, 6.45) is 2.83. The highest BCUT2D eigenvalue weighted by Gasteiger charge is 2.35. The number of carbonyl (C=O) groups is 1.